The predicted molar refractivity (Wildman–Crippen MR) is 61.2 cm³/mol. The second-order valence-corrected chi connectivity index (χ2v) is 3.84. The number of rotatable bonds is 3. The second kappa shape index (κ2) is 5.41. The Bertz CT molecular complexity index is 522. The number of halogens is 1. The highest BCUT2D eigenvalue weighted by atomic mass is 79.9. The summed E-state index contributed by atoms with van der Waals surface area (Å²) in [5.41, 5.74) is 0.268. The number of nitriles is 1. The molecule has 1 aromatic rings. The lowest BCUT2D eigenvalue weighted by Gasteiger charge is -2.06. The van der Waals surface area contributed by atoms with Gasteiger partial charge in [0.1, 0.15) is 4.47 Å². The second-order valence-electron chi connectivity index (χ2n) is 3.05. The van der Waals surface area contributed by atoms with Crippen molar-refractivity contribution < 1.29 is 14.5 Å². The zero-order chi connectivity index (χ0) is 13.0. The maximum absolute atomic E-state index is 11.2. The van der Waals surface area contributed by atoms with Gasteiger partial charge in [0.15, 0.2) is 0 Å². The lowest BCUT2D eigenvalue weighted by Crippen LogP contribution is -2.07. The lowest BCUT2D eigenvalue weighted by atomic mass is 10.0. The Hall–Kier alpha value is -1.94. The van der Waals surface area contributed by atoms with E-state index in [2.05, 4.69) is 20.7 Å². The number of nitro benzene ring substituents is 1. The molecule has 6 nitrogen and oxygen atoms in total. The molecule has 0 fully saturated rings. The standard InChI is InChI=1S/C10H7BrN2O4/c1-17-9(14)4-7-6(5-12)2-3-8(10(7)11)13(15)16/h2-3H,4H2,1H3. The molecule has 0 bridgehead atoms. The number of esters is 1. The molecule has 17 heavy (non-hydrogen) atoms. The molecular formula is C10H7BrN2O4. The van der Waals surface area contributed by atoms with Crippen LogP contribution in [0.4, 0.5) is 5.69 Å². The summed E-state index contributed by atoms with van der Waals surface area (Å²) in [6, 6.07) is 4.39. The zero-order valence-electron chi connectivity index (χ0n) is 8.77. The molecule has 0 unspecified atom stereocenters. The molecule has 0 saturated carbocycles. The summed E-state index contributed by atoms with van der Waals surface area (Å²) in [5, 5.41) is 19.6. The molecule has 0 heterocycles. The van der Waals surface area contributed by atoms with Crippen LogP contribution < -0.4 is 0 Å². The molecule has 7 heteroatoms. The van der Waals surface area contributed by atoms with Crippen molar-refractivity contribution >= 4 is 27.6 Å². The molecule has 0 N–H and O–H groups in total. The van der Waals surface area contributed by atoms with Crippen LogP contribution in [0.3, 0.4) is 0 Å². The molecule has 0 amide bonds. The van der Waals surface area contributed by atoms with Gasteiger partial charge in [-0.2, -0.15) is 5.26 Å². The average molecular weight is 299 g/mol. The van der Waals surface area contributed by atoms with Crippen LogP contribution in [0.5, 0.6) is 0 Å². The van der Waals surface area contributed by atoms with E-state index in [0.717, 1.165) is 0 Å². The van der Waals surface area contributed by atoms with E-state index in [1.165, 1.54) is 19.2 Å². The van der Waals surface area contributed by atoms with Gasteiger partial charge in [-0.25, -0.2) is 0 Å². The fourth-order valence-electron chi connectivity index (χ4n) is 1.24. The summed E-state index contributed by atoms with van der Waals surface area (Å²) in [6.07, 6.45) is -0.193. The van der Waals surface area contributed by atoms with Crippen LogP contribution >= 0.6 is 15.9 Å². The van der Waals surface area contributed by atoms with Gasteiger partial charge in [0, 0.05) is 11.6 Å². The number of methoxy groups -OCH3 is 1. The van der Waals surface area contributed by atoms with Crippen molar-refractivity contribution in [3.63, 3.8) is 0 Å². The number of ether oxygens (including phenoxy) is 1. The Labute approximate surface area is 105 Å². The number of hydrogen-bond donors (Lipinski definition) is 0. The molecule has 0 aliphatic carbocycles. The molecule has 0 aliphatic heterocycles. The first-order valence-electron chi connectivity index (χ1n) is 4.44. The topological polar surface area (TPSA) is 93.2 Å². The first-order chi connectivity index (χ1) is 8.01. The first-order valence-corrected chi connectivity index (χ1v) is 5.23. The molecule has 0 atom stereocenters. The van der Waals surface area contributed by atoms with Gasteiger partial charge in [-0.1, -0.05) is 0 Å². The van der Waals surface area contributed by atoms with E-state index in [-0.39, 0.29) is 27.7 Å². The Morgan fingerprint density at radius 3 is 2.76 bits per heavy atom. The largest absolute Gasteiger partial charge is 0.469 e. The zero-order valence-corrected chi connectivity index (χ0v) is 10.4. The maximum atomic E-state index is 11.2. The molecule has 1 aromatic carbocycles. The molecule has 0 radical (unpaired) electrons. The van der Waals surface area contributed by atoms with Gasteiger partial charge in [0.05, 0.1) is 30.1 Å². The molecule has 0 saturated heterocycles. The quantitative estimate of drug-likeness (QED) is 0.483. The van der Waals surface area contributed by atoms with Crippen molar-refractivity contribution in [3.05, 3.63) is 37.8 Å². The molecule has 0 aliphatic rings. The van der Waals surface area contributed by atoms with Gasteiger partial charge < -0.3 is 4.74 Å². The van der Waals surface area contributed by atoms with Crippen LogP contribution in [-0.2, 0) is 16.0 Å². The summed E-state index contributed by atoms with van der Waals surface area (Å²) in [6.45, 7) is 0. The maximum Gasteiger partial charge on any atom is 0.310 e. The lowest BCUT2D eigenvalue weighted by molar-refractivity contribution is -0.385. The van der Waals surface area contributed by atoms with Gasteiger partial charge >= 0.3 is 5.97 Å². The summed E-state index contributed by atoms with van der Waals surface area (Å²) in [7, 11) is 1.21. The number of nitro groups is 1. The van der Waals surface area contributed by atoms with E-state index >= 15 is 0 Å². The van der Waals surface area contributed by atoms with Crippen LogP contribution in [0.15, 0.2) is 16.6 Å². The van der Waals surface area contributed by atoms with Crippen LogP contribution in [0.25, 0.3) is 0 Å². The number of benzene rings is 1. The smallest absolute Gasteiger partial charge is 0.310 e. The van der Waals surface area contributed by atoms with Gasteiger partial charge in [-0.3, -0.25) is 14.9 Å². The Balaban J connectivity index is 3.33. The fourth-order valence-corrected chi connectivity index (χ4v) is 1.87. The number of carbonyl (C=O) groups is 1. The van der Waals surface area contributed by atoms with Crippen LogP contribution in [0.2, 0.25) is 0 Å². The Morgan fingerprint density at radius 1 is 1.65 bits per heavy atom. The summed E-state index contributed by atoms with van der Waals surface area (Å²) in [5.74, 6) is -0.567. The van der Waals surface area contributed by atoms with Crippen LogP contribution in [-0.4, -0.2) is 18.0 Å². The highest BCUT2D eigenvalue weighted by Gasteiger charge is 2.20. The number of hydrogen-bond acceptors (Lipinski definition) is 5. The highest BCUT2D eigenvalue weighted by Crippen LogP contribution is 2.31. The van der Waals surface area contributed by atoms with Crippen LogP contribution in [0.1, 0.15) is 11.1 Å². The third-order valence-corrected chi connectivity index (χ3v) is 2.97. The van der Waals surface area contributed by atoms with E-state index in [1.807, 2.05) is 6.07 Å². The van der Waals surface area contributed by atoms with Gasteiger partial charge in [-0.05, 0) is 22.0 Å². The van der Waals surface area contributed by atoms with Gasteiger partial charge in [0.2, 0.25) is 0 Å². The van der Waals surface area contributed by atoms with Crippen molar-refractivity contribution in [3.8, 4) is 6.07 Å². The van der Waals surface area contributed by atoms with Crippen molar-refractivity contribution in [2.75, 3.05) is 7.11 Å². The number of nitrogens with zero attached hydrogens (tertiary/aromatic N) is 2. The molecule has 88 valence electrons. The first kappa shape index (κ1) is 13.1. The minimum absolute atomic E-state index is 0.131. The van der Waals surface area contributed by atoms with Crippen molar-refractivity contribution in [1.29, 1.82) is 5.26 Å². The molecular weight excluding hydrogens is 292 g/mol. The number of carbonyl (C=O) groups excluding carboxylic acids is 1. The van der Waals surface area contributed by atoms with Crippen LogP contribution in [0, 0.1) is 21.4 Å². The highest BCUT2D eigenvalue weighted by molar-refractivity contribution is 9.10. The monoisotopic (exact) mass is 298 g/mol. The summed E-state index contributed by atoms with van der Waals surface area (Å²) >= 11 is 3.03. The normalized spacial score (nSPS) is 9.47. The van der Waals surface area contributed by atoms with Crippen molar-refractivity contribution in [1.82, 2.24) is 0 Å². The predicted octanol–water partition coefficient (Wildman–Crippen LogP) is 1.94. The van der Waals surface area contributed by atoms with Gasteiger partial charge in [-0.15, -0.1) is 0 Å². The van der Waals surface area contributed by atoms with Crippen molar-refractivity contribution in [2.45, 2.75) is 6.42 Å². The van der Waals surface area contributed by atoms with E-state index < -0.39 is 10.9 Å². The average Bonchev–Trinajstić information content (AvgIpc) is 2.30. The fraction of sp³-hybridized carbons (Fsp3) is 0.200. The molecule has 0 aromatic heterocycles. The Morgan fingerprint density at radius 2 is 2.29 bits per heavy atom. The minimum Gasteiger partial charge on any atom is -0.469 e. The summed E-state index contributed by atoms with van der Waals surface area (Å²) in [4.78, 5) is 21.3. The van der Waals surface area contributed by atoms with E-state index in [1.54, 1.807) is 0 Å². The Kier molecular flexibility index (Phi) is 4.17. The SMILES string of the molecule is COC(=O)Cc1c(C#N)ccc([N+](=O)[O-])c1Br. The molecule has 0 spiro atoms. The van der Waals surface area contributed by atoms with E-state index in [9.17, 15) is 14.9 Å². The third-order valence-electron chi connectivity index (χ3n) is 2.09. The van der Waals surface area contributed by atoms with Crippen molar-refractivity contribution in [2.24, 2.45) is 0 Å². The molecule has 1 rings (SSSR count). The third kappa shape index (κ3) is 2.79. The minimum atomic E-state index is -0.591. The van der Waals surface area contributed by atoms with E-state index in [0.29, 0.717) is 0 Å². The van der Waals surface area contributed by atoms with Gasteiger partial charge in [0.25, 0.3) is 5.69 Å². The summed E-state index contributed by atoms with van der Waals surface area (Å²) < 4.78 is 4.60. The van der Waals surface area contributed by atoms with E-state index in [4.69, 9.17) is 5.26 Å².